The molecule has 0 saturated carbocycles. The number of rotatable bonds is 11. The third-order valence-corrected chi connectivity index (χ3v) is 3.26. The highest BCUT2D eigenvalue weighted by atomic mass is 16.5. The highest BCUT2D eigenvalue weighted by Crippen LogP contribution is 2.23. The van der Waals surface area contributed by atoms with Gasteiger partial charge < -0.3 is 24.6 Å². The Kier molecular flexibility index (Phi) is 9.01. The number of ether oxygens (including phenoxy) is 3. The van der Waals surface area contributed by atoms with E-state index in [1.807, 2.05) is 6.07 Å². The van der Waals surface area contributed by atoms with Crippen LogP contribution >= 0.6 is 0 Å². The Morgan fingerprint density at radius 2 is 2.05 bits per heavy atom. The molecule has 0 bridgehead atoms. The number of hydrogen-bond acceptors (Lipinski definition) is 5. The molecule has 5 heteroatoms. The molecule has 0 saturated heterocycles. The Morgan fingerprint density at radius 1 is 1.24 bits per heavy atom. The number of hydrogen-bond donors (Lipinski definition) is 2. The van der Waals surface area contributed by atoms with E-state index in [-0.39, 0.29) is 12.6 Å². The molecule has 1 rings (SSSR count). The second-order valence-corrected chi connectivity index (χ2v) is 4.87. The van der Waals surface area contributed by atoms with Crippen LogP contribution in [0.2, 0.25) is 0 Å². The van der Waals surface area contributed by atoms with Gasteiger partial charge in [0.2, 0.25) is 0 Å². The van der Waals surface area contributed by atoms with Crippen LogP contribution in [0.1, 0.15) is 30.5 Å². The van der Waals surface area contributed by atoms with Crippen molar-refractivity contribution in [3.63, 3.8) is 0 Å². The lowest BCUT2D eigenvalue weighted by molar-refractivity contribution is 0.0904. The highest BCUT2D eigenvalue weighted by molar-refractivity contribution is 5.38. The lowest BCUT2D eigenvalue weighted by Crippen LogP contribution is -2.21. The van der Waals surface area contributed by atoms with Crippen LogP contribution in [0.15, 0.2) is 18.2 Å². The molecule has 1 aromatic carbocycles. The molecule has 1 unspecified atom stereocenters. The summed E-state index contributed by atoms with van der Waals surface area (Å²) in [4.78, 5) is 0. The van der Waals surface area contributed by atoms with Gasteiger partial charge in [-0.3, -0.25) is 0 Å². The van der Waals surface area contributed by atoms with Gasteiger partial charge in [0.05, 0.1) is 26.9 Å². The fraction of sp³-hybridized carbons (Fsp3) is 0.625. The summed E-state index contributed by atoms with van der Waals surface area (Å²) in [7, 11) is 3.35. The van der Waals surface area contributed by atoms with Crippen LogP contribution in [0.25, 0.3) is 0 Å². The van der Waals surface area contributed by atoms with Crippen LogP contribution in [-0.2, 0) is 16.1 Å². The van der Waals surface area contributed by atoms with Gasteiger partial charge in [0, 0.05) is 25.3 Å². The third kappa shape index (κ3) is 6.44. The molecule has 5 nitrogen and oxygen atoms in total. The predicted octanol–water partition coefficient (Wildman–Crippen LogP) is 1.89. The fourth-order valence-corrected chi connectivity index (χ4v) is 2.11. The summed E-state index contributed by atoms with van der Waals surface area (Å²) in [5.41, 5.74) is 2.26. The van der Waals surface area contributed by atoms with Gasteiger partial charge in [-0.25, -0.2) is 0 Å². The van der Waals surface area contributed by atoms with E-state index in [1.165, 1.54) is 5.56 Å². The molecule has 21 heavy (non-hydrogen) atoms. The van der Waals surface area contributed by atoms with Crippen molar-refractivity contribution in [2.45, 2.75) is 26.0 Å². The lowest BCUT2D eigenvalue weighted by atomic mass is 10.0. The van der Waals surface area contributed by atoms with Crippen LogP contribution in [0.5, 0.6) is 5.75 Å². The summed E-state index contributed by atoms with van der Waals surface area (Å²) >= 11 is 0. The fourth-order valence-electron chi connectivity index (χ4n) is 2.11. The standard InChI is InChI=1S/C16H27NO4/c1-13(17-7-4-9-21-10-8-18)14-5-6-16(20-3)15(11-14)12-19-2/h5-6,11,13,17-18H,4,7-10,12H2,1-3H3. The van der Waals surface area contributed by atoms with Gasteiger partial charge in [-0.2, -0.15) is 0 Å². The molecule has 0 radical (unpaired) electrons. The first-order valence-corrected chi connectivity index (χ1v) is 7.30. The monoisotopic (exact) mass is 297 g/mol. The minimum Gasteiger partial charge on any atom is -0.496 e. The van der Waals surface area contributed by atoms with Crippen molar-refractivity contribution in [3.05, 3.63) is 29.3 Å². The number of benzene rings is 1. The van der Waals surface area contributed by atoms with Gasteiger partial charge in [-0.1, -0.05) is 6.07 Å². The quantitative estimate of drug-likeness (QED) is 0.611. The highest BCUT2D eigenvalue weighted by Gasteiger charge is 2.09. The molecule has 1 atom stereocenters. The summed E-state index contributed by atoms with van der Waals surface area (Å²) in [5, 5.41) is 12.1. The number of methoxy groups -OCH3 is 2. The van der Waals surface area contributed by atoms with Crippen molar-refractivity contribution < 1.29 is 19.3 Å². The van der Waals surface area contributed by atoms with Crippen LogP contribution in [0, 0.1) is 0 Å². The van der Waals surface area contributed by atoms with Crippen LogP contribution in [0.3, 0.4) is 0 Å². The normalized spacial score (nSPS) is 12.4. The Balaban J connectivity index is 2.46. The van der Waals surface area contributed by atoms with Crippen molar-refractivity contribution in [1.82, 2.24) is 5.32 Å². The van der Waals surface area contributed by atoms with Gasteiger partial charge >= 0.3 is 0 Å². The van der Waals surface area contributed by atoms with E-state index in [9.17, 15) is 0 Å². The summed E-state index contributed by atoms with van der Waals surface area (Å²) in [6.45, 7) is 4.70. The zero-order chi connectivity index (χ0) is 15.5. The van der Waals surface area contributed by atoms with E-state index in [2.05, 4.69) is 24.4 Å². The predicted molar refractivity (Wildman–Crippen MR) is 82.6 cm³/mol. The molecule has 0 aromatic heterocycles. The lowest BCUT2D eigenvalue weighted by Gasteiger charge is -2.17. The second kappa shape index (κ2) is 10.6. The SMILES string of the molecule is COCc1cc(C(C)NCCCOCCO)ccc1OC. The maximum atomic E-state index is 8.61. The molecular formula is C16H27NO4. The summed E-state index contributed by atoms with van der Waals surface area (Å²) < 4.78 is 15.8. The number of nitrogens with one attached hydrogen (secondary N) is 1. The zero-order valence-corrected chi connectivity index (χ0v) is 13.2. The largest absolute Gasteiger partial charge is 0.496 e. The summed E-state index contributed by atoms with van der Waals surface area (Å²) in [6.07, 6.45) is 0.922. The summed E-state index contributed by atoms with van der Waals surface area (Å²) in [5.74, 6) is 0.852. The average molecular weight is 297 g/mol. The van der Waals surface area contributed by atoms with Gasteiger partial charge in [0.15, 0.2) is 0 Å². The molecule has 0 heterocycles. The molecule has 1 aromatic rings. The smallest absolute Gasteiger partial charge is 0.124 e. The Hall–Kier alpha value is -1.14. The van der Waals surface area contributed by atoms with Crippen LogP contribution in [-0.4, -0.2) is 45.7 Å². The van der Waals surface area contributed by atoms with Gasteiger partial charge in [-0.05, 0) is 37.6 Å². The van der Waals surface area contributed by atoms with Crippen LogP contribution in [0.4, 0.5) is 0 Å². The maximum absolute atomic E-state index is 8.61. The average Bonchev–Trinajstić information content (AvgIpc) is 2.50. The van der Waals surface area contributed by atoms with E-state index in [4.69, 9.17) is 19.3 Å². The minimum absolute atomic E-state index is 0.0813. The molecular weight excluding hydrogens is 270 g/mol. The van der Waals surface area contributed by atoms with E-state index < -0.39 is 0 Å². The zero-order valence-electron chi connectivity index (χ0n) is 13.2. The van der Waals surface area contributed by atoms with E-state index in [0.717, 1.165) is 24.3 Å². The summed E-state index contributed by atoms with van der Waals surface area (Å²) in [6, 6.07) is 6.41. The minimum atomic E-state index is 0.0813. The molecule has 2 N–H and O–H groups in total. The van der Waals surface area contributed by atoms with Gasteiger partial charge in [0.1, 0.15) is 5.75 Å². The molecule has 120 valence electrons. The Morgan fingerprint density at radius 3 is 2.71 bits per heavy atom. The first-order valence-electron chi connectivity index (χ1n) is 7.30. The van der Waals surface area contributed by atoms with E-state index in [0.29, 0.717) is 19.8 Å². The molecule has 0 amide bonds. The Bertz CT molecular complexity index is 398. The van der Waals surface area contributed by atoms with Crippen molar-refractivity contribution >= 4 is 0 Å². The molecule has 0 fully saturated rings. The second-order valence-electron chi connectivity index (χ2n) is 4.87. The topological polar surface area (TPSA) is 60.0 Å². The third-order valence-electron chi connectivity index (χ3n) is 3.26. The van der Waals surface area contributed by atoms with Gasteiger partial charge in [-0.15, -0.1) is 0 Å². The first-order chi connectivity index (χ1) is 10.2. The van der Waals surface area contributed by atoms with Crippen LogP contribution < -0.4 is 10.1 Å². The van der Waals surface area contributed by atoms with E-state index in [1.54, 1.807) is 14.2 Å². The van der Waals surface area contributed by atoms with Gasteiger partial charge in [0.25, 0.3) is 0 Å². The maximum Gasteiger partial charge on any atom is 0.124 e. The molecule has 0 spiro atoms. The van der Waals surface area contributed by atoms with E-state index >= 15 is 0 Å². The van der Waals surface area contributed by atoms with Crippen molar-refractivity contribution in [1.29, 1.82) is 0 Å². The molecule has 0 aliphatic heterocycles. The van der Waals surface area contributed by atoms with Crippen molar-refractivity contribution in [2.24, 2.45) is 0 Å². The number of aliphatic hydroxyl groups is 1. The Labute approximate surface area is 127 Å². The molecule has 0 aliphatic rings. The first kappa shape index (κ1) is 17.9. The molecule has 0 aliphatic carbocycles. The van der Waals surface area contributed by atoms with Crippen molar-refractivity contribution in [3.8, 4) is 5.75 Å². The van der Waals surface area contributed by atoms with Crippen molar-refractivity contribution in [2.75, 3.05) is 40.6 Å². The number of aliphatic hydroxyl groups excluding tert-OH is 1.